The number of ketones is 1. The van der Waals surface area contributed by atoms with Crippen molar-refractivity contribution < 1.29 is 34.5 Å². The van der Waals surface area contributed by atoms with Crippen LogP contribution in [0.4, 0.5) is 0 Å². The van der Waals surface area contributed by atoms with E-state index in [0.29, 0.717) is 32.3 Å². The zero-order valence-corrected chi connectivity index (χ0v) is 18.5. The molecule has 1 aliphatic rings. The second-order valence-electron chi connectivity index (χ2n) is 7.72. The topological polar surface area (TPSA) is 130 Å². The molecule has 0 radical (unpaired) electrons. The standard InChI is InChI=1S/C23H32O7S/c1-31(29)20-16-23(28,13-5-6-15-30-18-9-3-2-4-10-18)21(22(20)27)19(26)12-11-17(25)8-7-14-24/h2-4,9-12,16-17,19,21,24-26,28H,5-8,13-15H2,1H3. The van der Waals surface area contributed by atoms with Gasteiger partial charge in [0, 0.05) is 12.7 Å². The molecule has 0 aliphatic heterocycles. The van der Waals surface area contributed by atoms with Crippen LogP contribution < -0.4 is 4.74 Å². The van der Waals surface area contributed by atoms with Crippen molar-refractivity contribution in [2.75, 3.05) is 19.5 Å². The summed E-state index contributed by atoms with van der Waals surface area (Å²) in [5.74, 6) is -0.993. The molecule has 2 rings (SSSR count). The monoisotopic (exact) mass is 452 g/mol. The summed E-state index contributed by atoms with van der Waals surface area (Å²) < 4.78 is 17.6. The molecule has 1 aliphatic carbocycles. The molecule has 172 valence electrons. The van der Waals surface area contributed by atoms with E-state index in [0.717, 1.165) is 5.75 Å². The summed E-state index contributed by atoms with van der Waals surface area (Å²) in [6, 6.07) is 9.34. The number of carbonyl (C=O) groups excluding carboxylic acids is 1. The van der Waals surface area contributed by atoms with E-state index in [4.69, 9.17) is 9.84 Å². The molecule has 4 N–H and O–H groups in total. The molecule has 0 bridgehead atoms. The zero-order chi connectivity index (χ0) is 22.9. The molecule has 0 spiro atoms. The number of unbranched alkanes of at least 4 members (excludes halogenated alkanes) is 1. The number of carbonyl (C=O) groups is 1. The number of benzene rings is 1. The number of rotatable bonds is 13. The number of aliphatic hydroxyl groups is 4. The van der Waals surface area contributed by atoms with Crippen LogP contribution in [0.2, 0.25) is 0 Å². The summed E-state index contributed by atoms with van der Waals surface area (Å²) in [6.45, 7) is 0.381. The van der Waals surface area contributed by atoms with E-state index >= 15 is 0 Å². The molecule has 0 saturated carbocycles. The number of para-hydroxylation sites is 1. The van der Waals surface area contributed by atoms with Gasteiger partial charge in [0.2, 0.25) is 5.78 Å². The maximum Gasteiger partial charge on any atom is 0.219 e. The van der Waals surface area contributed by atoms with Crippen molar-refractivity contribution in [1.82, 2.24) is 0 Å². The molecule has 7 nitrogen and oxygen atoms in total. The van der Waals surface area contributed by atoms with Crippen LogP contribution in [-0.2, 0) is 16.0 Å². The maximum absolute atomic E-state index is 12.8. The fourth-order valence-electron chi connectivity index (χ4n) is 3.64. The number of hydrogen-bond acceptors (Lipinski definition) is 7. The Bertz CT molecular complexity index is 750. The van der Waals surface area contributed by atoms with Crippen LogP contribution in [-0.4, -0.2) is 68.0 Å². The Morgan fingerprint density at radius 3 is 2.55 bits per heavy atom. The first-order valence-electron chi connectivity index (χ1n) is 10.4. The minimum atomic E-state index is -1.63. The first-order valence-corrected chi connectivity index (χ1v) is 12.0. The average molecular weight is 453 g/mol. The van der Waals surface area contributed by atoms with Gasteiger partial charge in [0.15, 0.2) is 4.91 Å². The lowest BCUT2D eigenvalue weighted by Crippen LogP contribution is -2.43. The van der Waals surface area contributed by atoms with Crippen molar-refractivity contribution in [3.05, 3.63) is 53.5 Å². The Kier molecular flexibility index (Phi) is 10.2. The number of hydrogen-bond donors (Lipinski definition) is 4. The van der Waals surface area contributed by atoms with E-state index < -0.39 is 40.7 Å². The van der Waals surface area contributed by atoms with Crippen LogP contribution in [0, 0.1) is 5.92 Å². The number of aliphatic hydroxyl groups excluding tert-OH is 3. The fourth-order valence-corrected chi connectivity index (χ4v) is 4.42. The maximum atomic E-state index is 12.8. The summed E-state index contributed by atoms with van der Waals surface area (Å²) in [5, 5.41) is 40.5. The number of ether oxygens (including phenoxy) is 1. The lowest BCUT2D eigenvalue weighted by molar-refractivity contribution is -0.127. The Morgan fingerprint density at radius 2 is 1.90 bits per heavy atom. The van der Waals surface area contributed by atoms with E-state index in [9.17, 15) is 24.7 Å². The van der Waals surface area contributed by atoms with Crippen molar-refractivity contribution in [3.8, 4) is 5.75 Å². The Morgan fingerprint density at radius 1 is 1.19 bits per heavy atom. The molecule has 8 heteroatoms. The second kappa shape index (κ2) is 12.4. The van der Waals surface area contributed by atoms with Crippen molar-refractivity contribution in [2.24, 2.45) is 5.92 Å². The Hall–Kier alpha value is -1.68. The largest absolute Gasteiger partial charge is 0.612 e. The van der Waals surface area contributed by atoms with Gasteiger partial charge in [-0.1, -0.05) is 30.4 Å². The van der Waals surface area contributed by atoms with Gasteiger partial charge >= 0.3 is 0 Å². The predicted octanol–water partition coefficient (Wildman–Crippen LogP) is 1.48. The van der Waals surface area contributed by atoms with Gasteiger partial charge in [-0.3, -0.25) is 4.79 Å². The lowest BCUT2D eigenvalue weighted by Gasteiger charge is -2.30. The molecular formula is C23H32O7S. The third-order valence-corrected chi connectivity index (χ3v) is 6.21. The van der Waals surface area contributed by atoms with Gasteiger partial charge in [-0.05, 0) is 55.4 Å². The van der Waals surface area contributed by atoms with E-state index in [1.165, 1.54) is 24.5 Å². The summed E-state index contributed by atoms with van der Waals surface area (Å²) in [6.07, 6.45) is 5.14. The Balaban J connectivity index is 1.99. The van der Waals surface area contributed by atoms with Crippen LogP contribution >= 0.6 is 0 Å². The average Bonchev–Trinajstić information content (AvgIpc) is 3.02. The van der Waals surface area contributed by atoms with Crippen LogP contribution in [0.25, 0.3) is 0 Å². The second-order valence-corrected chi connectivity index (χ2v) is 9.07. The van der Waals surface area contributed by atoms with Gasteiger partial charge in [0.05, 0.1) is 24.7 Å². The van der Waals surface area contributed by atoms with Crippen molar-refractivity contribution in [2.45, 2.75) is 49.9 Å². The van der Waals surface area contributed by atoms with E-state index in [-0.39, 0.29) is 17.9 Å². The molecule has 0 amide bonds. The van der Waals surface area contributed by atoms with Crippen LogP contribution in [0.15, 0.2) is 53.5 Å². The van der Waals surface area contributed by atoms with Gasteiger partial charge in [0.25, 0.3) is 0 Å². The summed E-state index contributed by atoms with van der Waals surface area (Å²) in [5.41, 5.74) is -1.63. The Labute approximate surface area is 186 Å². The van der Waals surface area contributed by atoms with Gasteiger partial charge in [-0.25, -0.2) is 0 Å². The van der Waals surface area contributed by atoms with Gasteiger partial charge in [-0.2, -0.15) is 0 Å². The van der Waals surface area contributed by atoms with Crippen LogP contribution in [0.1, 0.15) is 32.1 Å². The predicted molar refractivity (Wildman–Crippen MR) is 119 cm³/mol. The molecule has 1 aromatic rings. The van der Waals surface area contributed by atoms with Gasteiger partial charge in [0.1, 0.15) is 17.6 Å². The number of Topliss-reactive ketones (excluding diaryl/α,β-unsaturated/α-hetero) is 1. The zero-order valence-electron chi connectivity index (χ0n) is 17.7. The van der Waals surface area contributed by atoms with E-state index in [1.54, 1.807) is 0 Å². The first kappa shape index (κ1) is 25.6. The minimum absolute atomic E-state index is 0.00122. The fraction of sp³-hybridized carbons (Fsp3) is 0.522. The molecule has 1 aromatic carbocycles. The highest BCUT2D eigenvalue weighted by Crippen LogP contribution is 2.39. The smallest absolute Gasteiger partial charge is 0.219 e. The van der Waals surface area contributed by atoms with E-state index in [1.807, 2.05) is 30.3 Å². The summed E-state index contributed by atoms with van der Waals surface area (Å²) in [4.78, 5) is 12.8. The minimum Gasteiger partial charge on any atom is -0.612 e. The third-order valence-electron chi connectivity index (χ3n) is 5.27. The van der Waals surface area contributed by atoms with Crippen molar-refractivity contribution in [3.63, 3.8) is 0 Å². The molecule has 5 atom stereocenters. The van der Waals surface area contributed by atoms with Crippen LogP contribution in [0.3, 0.4) is 0 Å². The van der Waals surface area contributed by atoms with Crippen molar-refractivity contribution >= 4 is 17.0 Å². The molecule has 31 heavy (non-hydrogen) atoms. The van der Waals surface area contributed by atoms with Crippen molar-refractivity contribution in [1.29, 1.82) is 0 Å². The number of allylic oxidation sites excluding steroid dienone is 1. The first-order chi connectivity index (χ1) is 14.8. The highest BCUT2D eigenvalue weighted by atomic mass is 32.2. The normalized spacial score (nSPS) is 24.3. The molecule has 0 fully saturated rings. The van der Waals surface area contributed by atoms with Gasteiger partial charge < -0.3 is 29.7 Å². The highest BCUT2D eigenvalue weighted by molar-refractivity contribution is 7.95. The summed E-state index contributed by atoms with van der Waals surface area (Å²) >= 11 is -1.59. The molecule has 5 unspecified atom stereocenters. The molecule has 0 aromatic heterocycles. The third kappa shape index (κ3) is 7.45. The molecule has 0 heterocycles. The quantitative estimate of drug-likeness (QED) is 0.203. The molecular weight excluding hydrogens is 420 g/mol. The SMILES string of the molecule is C[S+]([O-])C1=CC(O)(CCCCOc2ccccc2)C(C(O)C=CC(O)CCCO)C1=O. The summed E-state index contributed by atoms with van der Waals surface area (Å²) in [7, 11) is 0. The molecule has 0 saturated heterocycles. The van der Waals surface area contributed by atoms with E-state index in [2.05, 4.69) is 0 Å². The van der Waals surface area contributed by atoms with Gasteiger partial charge in [-0.15, -0.1) is 0 Å². The lowest BCUT2D eigenvalue weighted by atomic mass is 9.81. The highest BCUT2D eigenvalue weighted by Gasteiger charge is 2.52. The van der Waals surface area contributed by atoms with Crippen LogP contribution in [0.5, 0.6) is 5.75 Å².